The average molecular weight is 378 g/mol. The van der Waals surface area contributed by atoms with Crippen molar-refractivity contribution in [3.8, 4) is 0 Å². The first-order valence-electron chi connectivity index (χ1n) is 9.54. The van der Waals surface area contributed by atoms with E-state index in [1.54, 1.807) is 0 Å². The van der Waals surface area contributed by atoms with Crippen molar-refractivity contribution in [2.45, 2.75) is 62.8 Å². The lowest BCUT2D eigenvalue weighted by molar-refractivity contribution is -0.194. The van der Waals surface area contributed by atoms with Crippen LogP contribution in [-0.4, -0.2) is 91.3 Å². The van der Waals surface area contributed by atoms with Gasteiger partial charge in [-0.15, -0.1) is 0 Å². The first-order chi connectivity index (χ1) is 12.5. The van der Waals surface area contributed by atoms with Gasteiger partial charge in [0, 0.05) is 26.2 Å². The molecular formula is C18H34O8. The van der Waals surface area contributed by atoms with Crippen LogP contribution in [0.3, 0.4) is 0 Å². The van der Waals surface area contributed by atoms with Crippen molar-refractivity contribution in [2.24, 2.45) is 11.8 Å². The summed E-state index contributed by atoms with van der Waals surface area (Å²) in [5, 5.41) is 38.6. The third kappa shape index (κ3) is 6.69. The smallest absolute Gasteiger partial charge is 0.162 e. The molecule has 1 aliphatic carbocycles. The predicted octanol–water partition coefficient (Wildman–Crippen LogP) is -0.338. The van der Waals surface area contributed by atoms with Crippen molar-refractivity contribution in [1.82, 2.24) is 0 Å². The SMILES string of the molecule is COC(OCCC(O)CO)C(COC1CCOCC1)[C@@H]1C[C@@H](O)C[C@H]1O. The van der Waals surface area contributed by atoms with E-state index in [2.05, 4.69) is 0 Å². The van der Waals surface area contributed by atoms with Crippen LogP contribution in [0.5, 0.6) is 0 Å². The molecule has 8 heteroatoms. The zero-order valence-electron chi connectivity index (χ0n) is 15.5. The molecule has 1 aliphatic heterocycles. The minimum Gasteiger partial charge on any atom is -0.394 e. The molecule has 0 spiro atoms. The average Bonchev–Trinajstić information content (AvgIpc) is 2.99. The van der Waals surface area contributed by atoms with Crippen molar-refractivity contribution in [2.75, 3.05) is 40.1 Å². The Morgan fingerprint density at radius 2 is 1.88 bits per heavy atom. The molecule has 2 rings (SSSR count). The maximum Gasteiger partial charge on any atom is 0.162 e. The van der Waals surface area contributed by atoms with Gasteiger partial charge in [-0.2, -0.15) is 0 Å². The highest BCUT2D eigenvalue weighted by atomic mass is 16.7. The summed E-state index contributed by atoms with van der Waals surface area (Å²) in [6.07, 6.45) is 0.293. The summed E-state index contributed by atoms with van der Waals surface area (Å²) in [4.78, 5) is 0. The number of aliphatic hydroxyl groups is 4. The van der Waals surface area contributed by atoms with E-state index in [4.69, 9.17) is 24.1 Å². The molecule has 3 unspecified atom stereocenters. The van der Waals surface area contributed by atoms with Crippen LogP contribution >= 0.6 is 0 Å². The first-order valence-corrected chi connectivity index (χ1v) is 9.54. The summed E-state index contributed by atoms with van der Waals surface area (Å²) in [7, 11) is 1.53. The van der Waals surface area contributed by atoms with Crippen LogP contribution in [0.25, 0.3) is 0 Å². The summed E-state index contributed by atoms with van der Waals surface area (Å²) in [5.41, 5.74) is 0. The van der Waals surface area contributed by atoms with Gasteiger partial charge in [0.05, 0.1) is 44.2 Å². The summed E-state index contributed by atoms with van der Waals surface area (Å²) >= 11 is 0. The topological polar surface area (TPSA) is 118 Å². The molecule has 2 fully saturated rings. The molecule has 0 aromatic rings. The number of rotatable bonds is 11. The van der Waals surface area contributed by atoms with Crippen LogP contribution in [0.1, 0.15) is 32.1 Å². The molecule has 1 heterocycles. The van der Waals surface area contributed by atoms with Gasteiger partial charge < -0.3 is 39.4 Å². The van der Waals surface area contributed by atoms with E-state index in [0.29, 0.717) is 39.1 Å². The molecule has 0 bridgehead atoms. The third-order valence-electron chi connectivity index (χ3n) is 5.32. The zero-order valence-corrected chi connectivity index (χ0v) is 15.5. The van der Waals surface area contributed by atoms with E-state index in [0.717, 1.165) is 12.8 Å². The van der Waals surface area contributed by atoms with Gasteiger partial charge in [-0.05, 0) is 38.0 Å². The fourth-order valence-electron chi connectivity index (χ4n) is 3.75. The van der Waals surface area contributed by atoms with Crippen LogP contribution in [0.4, 0.5) is 0 Å². The standard InChI is InChI=1S/C18H34O8/c1-23-18(25-7-2-12(20)10-19)16(15-8-13(21)9-17(15)22)11-26-14-3-5-24-6-4-14/h12-22H,2-11H2,1H3/t12?,13-,15+,16?,17-,18?/m1/s1. The zero-order chi connectivity index (χ0) is 18.9. The maximum absolute atomic E-state index is 10.3. The van der Waals surface area contributed by atoms with Crippen LogP contribution in [-0.2, 0) is 18.9 Å². The van der Waals surface area contributed by atoms with Crippen molar-refractivity contribution in [3.63, 3.8) is 0 Å². The second-order valence-corrected chi connectivity index (χ2v) is 7.27. The van der Waals surface area contributed by atoms with E-state index in [1.807, 2.05) is 0 Å². The normalized spacial score (nSPS) is 31.0. The molecule has 0 radical (unpaired) electrons. The molecule has 0 aromatic heterocycles. The molecule has 4 N–H and O–H groups in total. The van der Waals surface area contributed by atoms with Gasteiger partial charge in [0.15, 0.2) is 6.29 Å². The van der Waals surface area contributed by atoms with E-state index in [-0.39, 0.29) is 31.2 Å². The van der Waals surface area contributed by atoms with Gasteiger partial charge in [-0.25, -0.2) is 0 Å². The van der Waals surface area contributed by atoms with Gasteiger partial charge in [-0.1, -0.05) is 0 Å². The molecule has 26 heavy (non-hydrogen) atoms. The second-order valence-electron chi connectivity index (χ2n) is 7.27. The highest BCUT2D eigenvalue weighted by Gasteiger charge is 2.42. The van der Waals surface area contributed by atoms with Crippen molar-refractivity contribution in [1.29, 1.82) is 0 Å². The van der Waals surface area contributed by atoms with Crippen molar-refractivity contribution in [3.05, 3.63) is 0 Å². The fraction of sp³-hybridized carbons (Fsp3) is 1.00. The summed E-state index contributed by atoms with van der Waals surface area (Å²) in [6.45, 7) is 1.64. The largest absolute Gasteiger partial charge is 0.394 e. The van der Waals surface area contributed by atoms with Gasteiger partial charge in [0.1, 0.15) is 0 Å². The Morgan fingerprint density at radius 3 is 2.46 bits per heavy atom. The predicted molar refractivity (Wildman–Crippen MR) is 92.5 cm³/mol. The van der Waals surface area contributed by atoms with E-state index in [1.165, 1.54) is 7.11 Å². The van der Waals surface area contributed by atoms with E-state index >= 15 is 0 Å². The Labute approximate surface area is 155 Å². The van der Waals surface area contributed by atoms with Crippen LogP contribution < -0.4 is 0 Å². The van der Waals surface area contributed by atoms with Gasteiger partial charge in [-0.3, -0.25) is 0 Å². The number of aliphatic hydroxyl groups excluding tert-OH is 4. The lowest BCUT2D eigenvalue weighted by Crippen LogP contribution is -2.40. The van der Waals surface area contributed by atoms with Crippen molar-refractivity contribution >= 4 is 0 Å². The minimum atomic E-state index is -0.830. The maximum atomic E-state index is 10.3. The number of hydrogen-bond acceptors (Lipinski definition) is 8. The Bertz CT molecular complexity index is 376. The molecule has 8 nitrogen and oxygen atoms in total. The van der Waals surface area contributed by atoms with Gasteiger partial charge in [0.2, 0.25) is 0 Å². The van der Waals surface area contributed by atoms with Crippen LogP contribution in [0.2, 0.25) is 0 Å². The number of hydrogen-bond donors (Lipinski definition) is 4. The molecule has 1 saturated carbocycles. The monoisotopic (exact) mass is 378 g/mol. The number of ether oxygens (including phenoxy) is 4. The molecule has 154 valence electrons. The highest BCUT2D eigenvalue weighted by molar-refractivity contribution is 4.89. The summed E-state index contributed by atoms with van der Waals surface area (Å²) in [5.74, 6) is -0.418. The first kappa shape index (κ1) is 22.0. The highest BCUT2D eigenvalue weighted by Crippen LogP contribution is 2.36. The number of methoxy groups -OCH3 is 1. The van der Waals surface area contributed by atoms with Crippen LogP contribution in [0, 0.1) is 11.8 Å². The molecule has 1 saturated heterocycles. The van der Waals surface area contributed by atoms with Crippen LogP contribution in [0.15, 0.2) is 0 Å². The van der Waals surface area contributed by atoms with E-state index in [9.17, 15) is 15.3 Å². The Hall–Kier alpha value is -0.320. The second kappa shape index (κ2) is 11.5. The molecule has 2 aliphatic rings. The summed E-state index contributed by atoms with van der Waals surface area (Å²) in [6, 6.07) is 0. The Morgan fingerprint density at radius 1 is 1.15 bits per heavy atom. The van der Waals surface area contributed by atoms with Gasteiger partial charge >= 0.3 is 0 Å². The van der Waals surface area contributed by atoms with Gasteiger partial charge in [0.25, 0.3) is 0 Å². The molecule has 0 aromatic carbocycles. The molecule has 0 amide bonds. The van der Waals surface area contributed by atoms with Crippen molar-refractivity contribution < 1.29 is 39.4 Å². The minimum absolute atomic E-state index is 0.114. The molecule has 6 atom stereocenters. The lowest BCUT2D eigenvalue weighted by Gasteiger charge is -2.34. The lowest BCUT2D eigenvalue weighted by atomic mass is 9.88. The third-order valence-corrected chi connectivity index (χ3v) is 5.32. The quantitative estimate of drug-likeness (QED) is 0.361. The van der Waals surface area contributed by atoms with E-state index < -0.39 is 24.6 Å². The summed E-state index contributed by atoms with van der Waals surface area (Å²) < 4.78 is 22.7. The fourth-order valence-corrected chi connectivity index (χ4v) is 3.75. The Balaban J connectivity index is 1.95. The molecular weight excluding hydrogens is 344 g/mol. The Kier molecular flexibility index (Phi) is 9.73.